The van der Waals surface area contributed by atoms with Crippen LogP contribution in [0.1, 0.15) is 12.0 Å². The van der Waals surface area contributed by atoms with Crippen molar-refractivity contribution in [2.75, 3.05) is 25.7 Å². The molecule has 1 atom stereocenters. The van der Waals surface area contributed by atoms with Crippen LogP contribution in [-0.4, -0.2) is 31.6 Å². The quantitative estimate of drug-likeness (QED) is 0.786. The summed E-state index contributed by atoms with van der Waals surface area (Å²) in [7, 11) is 1.41. The first-order chi connectivity index (χ1) is 8.21. The third kappa shape index (κ3) is 3.01. The van der Waals surface area contributed by atoms with Crippen molar-refractivity contribution in [1.29, 1.82) is 0 Å². The topological polar surface area (TPSA) is 52.3 Å². The Labute approximate surface area is 107 Å². The highest BCUT2D eigenvalue weighted by molar-refractivity contribution is 7.98. The highest BCUT2D eigenvalue weighted by atomic mass is 32.2. The minimum atomic E-state index is -0.709. The van der Waals surface area contributed by atoms with E-state index in [1.165, 1.54) is 7.11 Å². The minimum absolute atomic E-state index is 0.250. The van der Waals surface area contributed by atoms with Crippen LogP contribution in [0.2, 0.25) is 0 Å². The summed E-state index contributed by atoms with van der Waals surface area (Å²) < 4.78 is 4.93. The third-order valence-electron chi connectivity index (χ3n) is 2.98. The summed E-state index contributed by atoms with van der Waals surface area (Å²) in [6.07, 6.45) is 2.71. The highest BCUT2D eigenvalue weighted by Crippen LogP contribution is 2.29. The molecule has 0 spiro atoms. The number of hydrogen-bond donors (Lipinski definition) is 1. The van der Waals surface area contributed by atoms with Gasteiger partial charge in [0.2, 0.25) is 0 Å². The summed E-state index contributed by atoms with van der Waals surface area (Å²) in [5, 5.41) is 0. The molecule has 3 nitrogen and oxygen atoms in total. The molecule has 0 aliphatic carbocycles. The number of nitrogens with two attached hydrogens (primary N) is 1. The van der Waals surface area contributed by atoms with Gasteiger partial charge in [-0.2, -0.15) is 11.8 Å². The SMILES string of the molecule is COC(=O)C(CN)(CCSC)c1ccccc1. The molecule has 4 heteroatoms. The fourth-order valence-corrected chi connectivity index (χ4v) is 2.45. The van der Waals surface area contributed by atoms with Crippen LogP contribution in [0.4, 0.5) is 0 Å². The zero-order valence-electron chi connectivity index (χ0n) is 10.3. The number of carbonyl (C=O) groups excluding carboxylic acids is 1. The lowest BCUT2D eigenvalue weighted by Crippen LogP contribution is -2.44. The van der Waals surface area contributed by atoms with Crippen molar-refractivity contribution in [3.8, 4) is 0 Å². The van der Waals surface area contributed by atoms with Crippen LogP contribution in [-0.2, 0) is 14.9 Å². The Morgan fingerprint density at radius 3 is 2.53 bits per heavy atom. The average Bonchev–Trinajstić information content (AvgIpc) is 2.41. The molecule has 2 N–H and O–H groups in total. The van der Waals surface area contributed by atoms with Gasteiger partial charge in [0.1, 0.15) is 5.41 Å². The number of rotatable bonds is 6. The van der Waals surface area contributed by atoms with Crippen molar-refractivity contribution in [3.05, 3.63) is 35.9 Å². The van der Waals surface area contributed by atoms with Gasteiger partial charge in [-0.05, 0) is 24.0 Å². The van der Waals surface area contributed by atoms with E-state index in [4.69, 9.17) is 10.5 Å². The second kappa shape index (κ2) is 6.67. The Balaban J connectivity index is 3.11. The van der Waals surface area contributed by atoms with Crippen LogP contribution in [0.15, 0.2) is 30.3 Å². The molecule has 17 heavy (non-hydrogen) atoms. The zero-order valence-corrected chi connectivity index (χ0v) is 11.1. The van der Waals surface area contributed by atoms with Gasteiger partial charge in [-0.3, -0.25) is 4.79 Å². The van der Waals surface area contributed by atoms with Crippen LogP contribution in [0.3, 0.4) is 0 Å². The van der Waals surface area contributed by atoms with E-state index >= 15 is 0 Å². The first kappa shape index (κ1) is 14.1. The monoisotopic (exact) mass is 253 g/mol. The summed E-state index contributed by atoms with van der Waals surface area (Å²) in [5.41, 5.74) is 6.07. The van der Waals surface area contributed by atoms with Crippen molar-refractivity contribution in [3.63, 3.8) is 0 Å². The zero-order chi connectivity index (χ0) is 12.7. The molecule has 1 unspecified atom stereocenters. The number of carbonyl (C=O) groups is 1. The number of benzene rings is 1. The van der Waals surface area contributed by atoms with Gasteiger partial charge in [-0.1, -0.05) is 30.3 Å². The molecule has 1 rings (SSSR count). The third-order valence-corrected chi connectivity index (χ3v) is 3.60. The fourth-order valence-electron chi connectivity index (χ4n) is 1.90. The summed E-state index contributed by atoms with van der Waals surface area (Å²) in [4.78, 5) is 12.1. The molecule has 0 radical (unpaired) electrons. The van der Waals surface area contributed by atoms with Crippen molar-refractivity contribution in [1.82, 2.24) is 0 Å². The van der Waals surface area contributed by atoms with Crippen molar-refractivity contribution < 1.29 is 9.53 Å². The first-order valence-electron chi connectivity index (χ1n) is 5.54. The maximum absolute atomic E-state index is 12.1. The predicted molar refractivity (Wildman–Crippen MR) is 72.2 cm³/mol. The molecule has 1 aromatic rings. The van der Waals surface area contributed by atoms with Gasteiger partial charge in [0.25, 0.3) is 0 Å². The van der Waals surface area contributed by atoms with E-state index in [1.54, 1.807) is 11.8 Å². The maximum atomic E-state index is 12.1. The second-order valence-corrected chi connectivity index (χ2v) is 4.87. The molecule has 0 bridgehead atoms. The maximum Gasteiger partial charge on any atom is 0.317 e. The highest BCUT2D eigenvalue weighted by Gasteiger charge is 2.39. The van der Waals surface area contributed by atoms with E-state index in [0.29, 0.717) is 6.42 Å². The normalized spacial score (nSPS) is 14.1. The summed E-state index contributed by atoms with van der Waals surface area (Å²) in [5.74, 6) is 0.626. The number of thioether (sulfide) groups is 1. The molecule has 0 saturated carbocycles. The molecule has 0 aliphatic heterocycles. The van der Waals surface area contributed by atoms with Gasteiger partial charge in [0.15, 0.2) is 0 Å². The van der Waals surface area contributed by atoms with E-state index < -0.39 is 5.41 Å². The van der Waals surface area contributed by atoms with Gasteiger partial charge >= 0.3 is 5.97 Å². The second-order valence-electron chi connectivity index (χ2n) is 3.89. The van der Waals surface area contributed by atoms with Crippen LogP contribution >= 0.6 is 11.8 Å². The molecule has 1 aromatic carbocycles. The largest absolute Gasteiger partial charge is 0.468 e. The van der Waals surface area contributed by atoms with E-state index in [0.717, 1.165) is 11.3 Å². The molecular formula is C13H19NO2S. The Kier molecular flexibility index (Phi) is 5.51. The molecule has 0 aromatic heterocycles. The van der Waals surface area contributed by atoms with E-state index in [1.807, 2.05) is 36.6 Å². The first-order valence-corrected chi connectivity index (χ1v) is 6.93. The van der Waals surface area contributed by atoms with Crippen LogP contribution in [0, 0.1) is 0 Å². The molecule has 0 aliphatic rings. The molecular weight excluding hydrogens is 234 g/mol. The number of hydrogen-bond acceptors (Lipinski definition) is 4. The van der Waals surface area contributed by atoms with Crippen LogP contribution in [0.5, 0.6) is 0 Å². The Hall–Kier alpha value is -1.00. The number of methoxy groups -OCH3 is 1. The van der Waals surface area contributed by atoms with E-state index in [9.17, 15) is 4.79 Å². The van der Waals surface area contributed by atoms with E-state index in [-0.39, 0.29) is 12.5 Å². The van der Waals surface area contributed by atoms with Crippen LogP contribution in [0.25, 0.3) is 0 Å². The fraction of sp³-hybridized carbons (Fsp3) is 0.462. The molecule has 94 valence electrons. The molecule has 0 amide bonds. The van der Waals surface area contributed by atoms with Gasteiger partial charge in [-0.15, -0.1) is 0 Å². The van der Waals surface area contributed by atoms with Gasteiger partial charge in [0, 0.05) is 6.54 Å². The number of ether oxygens (including phenoxy) is 1. The van der Waals surface area contributed by atoms with Gasteiger partial charge < -0.3 is 10.5 Å². The van der Waals surface area contributed by atoms with Gasteiger partial charge in [0.05, 0.1) is 7.11 Å². The summed E-state index contributed by atoms with van der Waals surface area (Å²) >= 11 is 1.70. The average molecular weight is 253 g/mol. The number of esters is 1. The molecule has 0 fully saturated rings. The standard InChI is InChI=1S/C13H19NO2S/c1-16-12(15)13(10-14,8-9-17-2)11-6-4-3-5-7-11/h3-7H,8-10,14H2,1-2H3. The summed E-state index contributed by atoms with van der Waals surface area (Å²) in [6.45, 7) is 0.268. The Bertz CT molecular complexity index is 356. The van der Waals surface area contributed by atoms with E-state index in [2.05, 4.69) is 0 Å². The Morgan fingerprint density at radius 2 is 2.06 bits per heavy atom. The smallest absolute Gasteiger partial charge is 0.317 e. The predicted octanol–water partition coefficient (Wildman–Crippen LogP) is 1.81. The summed E-state index contributed by atoms with van der Waals surface area (Å²) in [6, 6.07) is 9.63. The van der Waals surface area contributed by atoms with Crippen molar-refractivity contribution in [2.45, 2.75) is 11.8 Å². The van der Waals surface area contributed by atoms with Crippen LogP contribution < -0.4 is 5.73 Å². The lowest BCUT2D eigenvalue weighted by Gasteiger charge is -2.29. The lowest BCUT2D eigenvalue weighted by molar-refractivity contribution is -0.147. The molecule has 0 heterocycles. The lowest BCUT2D eigenvalue weighted by atomic mass is 9.78. The Morgan fingerprint density at radius 1 is 1.41 bits per heavy atom. The van der Waals surface area contributed by atoms with Crippen molar-refractivity contribution >= 4 is 17.7 Å². The van der Waals surface area contributed by atoms with Crippen molar-refractivity contribution in [2.24, 2.45) is 5.73 Å². The van der Waals surface area contributed by atoms with Gasteiger partial charge in [-0.25, -0.2) is 0 Å². The minimum Gasteiger partial charge on any atom is -0.468 e. The molecule has 0 saturated heterocycles.